The quantitative estimate of drug-likeness (QED) is 0.733. The highest BCUT2D eigenvalue weighted by atomic mass is 79.9. The Labute approximate surface area is 98.8 Å². The number of rotatable bonds is 5. The summed E-state index contributed by atoms with van der Waals surface area (Å²) in [5.74, 6) is 0.413. The molecule has 1 rings (SSSR count). The van der Waals surface area contributed by atoms with Gasteiger partial charge in [-0.25, -0.2) is 4.39 Å². The third kappa shape index (κ3) is 5.28. The Balaban J connectivity index is 2.37. The van der Waals surface area contributed by atoms with Crippen LogP contribution in [0.2, 0.25) is 0 Å². The smallest absolute Gasteiger partial charge is 0.124 e. The third-order valence-corrected chi connectivity index (χ3v) is 2.49. The fourth-order valence-electron chi connectivity index (χ4n) is 1.20. The van der Waals surface area contributed by atoms with Gasteiger partial charge in [-0.15, -0.1) is 0 Å². The molecule has 1 aromatic carbocycles. The molecule has 0 aliphatic heterocycles. The maximum atomic E-state index is 13.0. The molecule has 0 atom stereocenters. The zero-order valence-corrected chi connectivity index (χ0v) is 10.7. The van der Waals surface area contributed by atoms with Crippen LogP contribution >= 0.6 is 15.9 Å². The third-order valence-electron chi connectivity index (χ3n) is 2.03. The van der Waals surface area contributed by atoms with Gasteiger partial charge in [-0.2, -0.15) is 0 Å². The fourth-order valence-corrected chi connectivity index (χ4v) is 1.72. The number of hydrogen-bond donors (Lipinski definition) is 0. The molecule has 0 spiro atoms. The van der Waals surface area contributed by atoms with E-state index in [9.17, 15) is 4.39 Å². The highest BCUT2D eigenvalue weighted by Crippen LogP contribution is 2.15. The summed E-state index contributed by atoms with van der Waals surface area (Å²) in [6, 6.07) is 4.82. The number of benzene rings is 1. The minimum absolute atomic E-state index is 0.230. The molecule has 0 heterocycles. The largest absolute Gasteiger partial charge is 0.377 e. The van der Waals surface area contributed by atoms with Gasteiger partial charge in [0.15, 0.2) is 0 Å². The Bertz CT molecular complexity index is 292. The van der Waals surface area contributed by atoms with E-state index in [-0.39, 0.29) is 5.82 Å². The van der Waals surface area contributed by atoms with Crippen LogP contribution in [-0.2, 0) is 11.3 Å². The van der Waals surface area contributed by atoms with E-state index in [0.717, 1.165) is 23.1 Å². The summed E-state index contributed by atoms with van der Waals surface area (Å²) < 4.78 is 19.2. The molecule has 0 amide bonds. The van der Waals surface area contributed by atoms with Gasteiger partial charge in [-0.1, -0.05) is 29.8 Å². The molecule has 0 aliphatic carbocycles. The van der Waals surface area contributed by atoms with Gasteiger partial charge in [0.2, 0.25) is 0 Å². The van der Waals surface area contributed by atoms with Crippen LogP contribution < -0.4 is 0 Å². The van der Waals surface area contributed by atoms with Crippen molar-refractivity contribution in [3.8, 4) is 0 Å². The Morgan fingerprint density at radius 1 is 1.33 bits per heavy atom. The highest BCUT2D eigenvalue weighted by molar-refractivity contribution is 9.10. The van der Waals surface area contributed by atoms with Crippen LogP contribution in [0.4, 0.5) is 4.39 Å². The van der Waals surface area contributed by atoms with E-state index in [1.54, 1.807) is 0 Å². The zero-order valence-electron chi connectivity index (χ0n) is 9.09. The van der Waals surface area contributed by atoms with Gasteiger partial charge in [0.25, 0.3) is 0 Å². The molecule has 15 heavy (non-hydrogen) atoms. The lowest BCUT2D eigenvalue weighted by Gasteiger charge is -2.07. The van der Waals surface area contributed by atoms with Crippen LogP contribution in [0.5, 0.6) is 0 Å². The van der Waals surface area contributed by atoms with E-state index in [2.05, 4.69) is 29.8 Å². The van der Waals surface area contributed by atoms with E-state index in [4.69, 9.17) is 4.74 Å². The molecule has 0 bridgehead atoms. The first kappa shape index (κ1) is 12.7. The van der Waals surface area contributed by atoms with Crippen LogP contribution in [0, 0.1) is 11.7 Å². The van der Waals surface area contributed by atoms with Crippen LogP contribution in [0.15, 0.2) is 22.7 Å². The molecule has 0 radical (unpaired) electrons. The monoisotopic (exact) mass is 274 g/mol. The second-order valence-corrected chi connectivity index (χ2v) is 4.93. The lowest BCUT2D eigenvalue weighted by molar-refractivity contribution is 0.110. The fraction of sp³-hybridized carbons (Fsp3) is 0.500. The summed E-state index contributed by atoms with van der Waals surface area (Å²) in [5.41, 5.74) is 0.866. The minimum atomic E-state index is -0.230. The van der Waals surface area contributed by atoms with Crippen LogP contribution in [-0.4, -0.2) is 6.61 Å². The first-order chi connectivity index (χ1) is 7.08. The van der Waals surface area contributed by atoms with Gasteiger partial charge >= 0.3 is 0 Å². The van der Waals surface area contributed by atoms with Gasteiger partial charge < -0.3 is 4.74 Å². The van der Waals surface area contributed by atoms with Crippen molar-refractivity contribution in [1.82, 2.24) is 0 Å². The van der Waals surface area contributed by atoms with Gasteiger partial charge in [-0.05, 0) is 36.1 Å². The van der Waals surface area contributed by atoms with Crippen LogP contribution in [0.1, 0.15) is 25.8 Å². The molecule has 0 fully saturated rings. The molecule has 0 unspecified atom stereocenters. The van der Waals surface area contributed by atoms with Crippen molar-refractivity contribution >= 4 is 15.9 Å². The van der Waals surface area contributed by atoms with Gasteiger partial charge in [0, 0.05) is 11.1 Å². The maximum Gasteiger partial charge on any atom is 0.124 e. The predicted octanol–water partition coefficient (Wildman–Crippen LogP) is 4.15. The molecule has 0 aromatic heterocycles. The molecule has 3 heteroatoms. The average molecular weight is 275 g/mol. The molecule has 0 saturated heterocycles. The second-order valence-electron chi connectivity index (χ2n) is 4.01. The zero-order chi connectivity index (χ0) is 11.3. The van der Waals surface area contributed by atoms with E-state index in [1.807, 2.05) is 6.07 Å². The highest BCUT2D eigenvalue weighted by Gasteiger charge is 2.00. The van der Waals surface area contributed by atoms with Gasteiger partial charge in [0.1, 0.15) is 5.82 Å². The number of hydrogen-bond acceptors (Lipinski definition) is 1. The predicted molar refractivity (Wildman–Crippen MR) is 63.2 cm³/mol. The van der Waals surface area contributed by atoms with Crippen molar-refractivity contribution in [2.24, 2.45) is 5.92 Å². The Morgan fingerprint density at radius 3 is 2.67 bits per heavy atom. The molecule has 0 N–H and O–H groups in total. The summed E-state index contributed by atoms with van der Waals surface area (Å²) in [7, 11) is 0. The molecular weight excluding hydrogens is 259 g/mol. The van der Waals surface area contributed by atoms with Gasteiger partial charge in [-0.3, -0.25) is 0 Å². The average Bonchev–Trinajstić information content (AvgIpc) is 2.10. The van der Waals surface area contributed by atoms with E-state index >= 15 is 0 Å². The van der Waals surface area contributed by atoms with E-state index < -0.39 is 0 Å². The first-order valence-electron chi connectivity index (χ1n) is 5.10. The summed E-state index contributed by atoms with van der Waals surface area (Å²) in [6.07, 6.45) is 1.04. The van der Waals surface area contributed by atoms with E-state index in [0.29, 0.717) is 12.5 Å². The lowest BCUT2D eigenvalue weighted by atomic mass is 10.1. The topological polar surface area (TPSA) is 9.23 Å². The molecule has 84 valence electrons. The normalized spacial score (nSPS) is 11.0. The summed E-state index contributed by atoms with van der Waals surface area (Å²) in [5, 5.41) is 0. The first-order valence-corrected chi connectivity index (χ1v) is 5.90. The second kappa shape index (κ2) is 6.23. The number of ether oxygens (including phenoxy) is 1. The van der Waals surface area contributed by atoms with Crippen molar-refractivity contribution in [3.63, 3.8) is 0 Å². The molecule has 0 saturated carbocycles. The van der Waals surface area contributed by atoms with Crippen molar-refractivity contribution in [2.75, 3.05) is 6.61 Å². The minimum Gasteiger partial charge on any atom is -0.377 e. The molecule has 1 nitrogen and oxygen atoms in total. The van der Waals surface area contributed by atoms with Crippen LogP contribution in [0.3, 0.4) is 0 Å². The number of halogens is 2. The van der Waals surface area contributed by atoms with Crippen molar-refractivity contribution < 1.29 is 9.13 Å². The Hall–Kier alpha value is -0.410. The lowest BCUT2D eigenvalue weighted by Crippen LogP contribution is -1.99. The summed E-state index contributed by atoms with van der Waals surface area (Å²) in [6.45, 7) is 5.51. The summed E-state index contributed by atoms with van der Waals surface area (Å²) >= 11 is 3.25. The molecule has 0 aliphatic rings. The van der Waals surface area contributed by atoms with E-state index in [1.165, 1.54) is 12.1 Å². The SMILES string of the molecule is CC(C)CCOCc1cc(F)cc(Br)c1. The Morgan fingerprint density at radius 2 is 2.07 bits per heavy atom. The van der Waals surface area contributed by atoms with Crippen molar-refractivity contribution in [2.45, 2.75) is 26.9 Å². The van der Waals surface area contributed by atoms with Crippen molar-refractivity contribution in [3.05, 3.63) is 34.1 Å². The molecule has 1 aromatic rings. The van der Waals surface area contributed by atoms with Gasteiger partial charge in [0.05, 0.1) is 6.61 Å². The van der Waals surface area contributed by atoms with Crippen LogP contribution in [0.25, 0.3) is 0 Å². The van der Waals surface area contributed by atoms with Crippen molar-refractivity contribution in [1.29, 1.82) is 0 Å². The standard InChI is InChI=1S/C12H16BrFO/c1-9(2)3-4-15-8-10-5-11(13)7-12(14)6-10/h5-7,9H,3-4,8H2,1-2H3. The Kier molecular flexibility index (Phi) is 5.26. The molecular formula is C12H16BrFO. The maximum absolute atomic E-state index is 13.0. The summed E-state index contributed by atoms with van der Waals surface area (Å²) in [4.78, 5) is 0.